The molecule has 1 N–H and O–H groups in total. The van der Waals surface area contributed by atoms with Gasteiger partial charge >= 0.3 is 0 Å². The molecule has 1 aliphatic heterocycles. The zero-order chi connectivity index (χ0) is 9.80. The van der Waals surface area contributed by atoms with Gasteiger partial charge in [0, 0.05) is 25.8 Å². The Morgan fingerprint density at radius 2 is 2.57 bits per heavy atom. The fourth-order valence-electron chi connectivity index (χ4n) is 1.60. The van der Waals surface area contributed by atoms with Crippen LogP contribution >= 0.6 is 11.9 Å². The normalized spacial score (nSPS) is 16.2. The standard InChI is InChI=1S/C10H15N3S/c1-2-7-13-8-6-12-14-9-4-3-5-11-10(9)13/h3-5,12H,2,6-8H2,1H3. The molecule has 0 spiro atoms. The van der Waals surface area contributed by atoms with Crippen LogP contribution in [0.3, 0.4) is 0 Å². The van der Waals surface area contributed by atoms with Crippen LogP contribution in [0.5, 0.6) is 0 Å². The average molecular weight is 209 g/mol. The van der Waals surface area contributed by atoms with Gasteiger partial charge in [0.15, 0.2) is 0 Å². The lowest BCUT2D eigenvalue weighted by Gasteiger charge is -2.21. The Labute approximate surface area is 89.0 Å². The lowest BCUT2D eigenvalue weighted by molar-refractivity contribution is 0.739. The third-order valence-corrected chi connectivity index (χ3v) is 3.10. The van der Waals surface area contributed by atoms with E-state index in [-0.39, 0.29) is 0 Å². The molecule has 3 nitrogen and oxygen atoms in total. The molecule has 0 unspecified atom stereocenters. The van der Waals surface area contributed by atoms with E-state index < -0.39 is 0 Å². The number of pyridine rings is 1. The molecule has 0 bridgehead atoms. The maximum absolute atomic E-state index is 4.44. The first-order valence-corrected chi connectivity index (χ1v) is 5.83. The highest BCUT2D eigenvalue weighted by molar-refractivity contribution is 7.97. The van der Waals surface area contributed by atoms with E-state index in [2.05, 4.69) is 27.6 Å². The van der Waals surface area contributed by atoms with Crippen LogP contribution < -0.4 is 9.62 Å². The van der Waals surface area contributed by atoms with Gasteiger partial charge in [0.2, 0.25) is 0 Å². The van der Waals surface area contributed by atoms with E-state index in [1.54, 1.807) is 11.9 Å². The largest absolute Gasteiger partial charge is 0.354 e. The number of nitrogens with one attached hydrogen (secondary N) is 1. The zero-order valence-corrected chi connectivity index (χ0v) is 9.18. The van der Waals surface area contributed by atoms with E-state index in [9.17, 15) is 0 Å². The SMILES string of the molecule is CCCN1CCNSc2cccnc21. The molecule has 1 aliphatic rings. The summed E-state index contributed by atoms with van der Waals surface area (Å²) in [5.74, 6) is 1.13. The molecular weight excluding hydrogens is 194 g/mol. The number of rotatable bonds is 2. The Balaban J connectivity index is 2.27. The van der Waals surface area contributed by atoms with E-state index in [0.29, 0.717) is 0 Å². The van der Waals surface area contributed by atoms with Gasteiger partial charge in [-0.2, -0.15) is 0 Å². The fourth-order valence-corrected chi connectivity index (χ4v) is 2.37. The Hall–Kier alpha value is -0.740. The summed E-state index contributed by atoms with van der Waals surface area (Å²) < 4.78 is 3.33. The summed E-state index contributed by atoms with van der Waals surface area (Å²) in [6.45, 7) is 5.35. The molecule has 0 saturated heterocycles. The van der Waals surface area contributed by atoms with Gasteiger partial charge in [-0.25, -0.2) is 4.98 Å². The van der Waals surface area contributed by atoms with Crippen LogP contribution in [-0.2, 0) is 0 Å². The van der Waals surface area contributed by atoms with Gasteiger partial charge < -0.3 is 4.90 Å². The Bertz CT molecular complexity index is 303. The first kappa shape index (κ1) is 9.80. The highest BCUT2D eigenvalue weighted by atomic mass is 32.2. The number of fused-ring (bicyclic) bond motifs is 1. The predicted octanol–water partition coefficient (Wildman–Crippen LogP) is 1.91. The van der Waals surface area contributed by atoms with Crippen molar-refractivity contribution in [3.05, 3.63) is 18.3 Å². The third-order valence-electron chi connectivity index (χ3n) is 2.21. The van der Waals surface area contributed by atoms with Crippen molar-refractivity contribution in [1.82, 2.24) is 9.71 Å². The molecule has 76 valence electrons. The molecule has 0 aliphatic carbocycles. The molecule has 1 aromatic heterocycles. The number of nitrogens with zero attached hydrogens (tertiary/aromatic N) is 2. The lowest BCUT2D eigenvalue weighted by atomic mass is 10.3. The van der Waals surface area contributed by atoms with Crippen LogP contribution in [0.1, 0.15) is 13.3 Å². The van der Waals surface area contributed by atoms with Crippen LogP contribution in [0.4, 0.5) is 5.82 Å². The number of hydrogen-bond donors (Lipinski definition) is 1. The monoisotopic (exact) mass is 209 g/mol. The quantitative estimate of drug-likeness (QED) is 0.753. The summed E-state index contributed by atoms with van der Waals surface area (Å²) in [4.78, 5) is 8.03. The van der Waals surface area contributed by atoms with Gasteiger partial charge in [0.1, 0.15) is 5.82 Å². The fraction of sp³-hybridized carbons (Fsp3) is 0.500. The second-order valence-electron chi connectivity index (χ2n) is 3.31. The minimum Gasteiger partial charge on any atom is -0.354 e. The average Bonchev–Trinajstić information content (AvgIpc) is 2.42. The molecule has 0 fully saturated rings. The Kier molecular flexibility index (Phi) is 3.26. The predicted molar refractivity (Wildman–Crippen MR) is 60.6 cm³/mol. The first-order valence-electron chi connectivity index (χ1n) is 5.01. The summed E-state index contributed by atoms with van der Waals surface area (Å²) in [5, 5.41) is 0. The van der Waals surface area contributed by atoms with Crippen molar-refractivity contribution in [3.8, 4) is 0 Å². The van der Waals surface area contributed by atoms with Crippen LogP contribution in [0, 0.1) is 0 Å². The lowest BCUT2D eigenvalue weighted by Crippen LogP contribution is -2.29. The minimum atomic E-state index is 1.01. The molecule has 14 heavy (non-hydrogen) atoms. The van der Waals surface area contributed by atoms with Crippen LogP contribution in [-0.4, -0.2) is 24.6 Å². The van der Waals surface area contributed by atoms with Crippen molar-refractivity contribution in [1.29, 1.82) is 0 Å². The molecule has 0 aromatic carbocycles. The van der Waals surface area contributed by atoms with Crippen molar-refractivity contribution < 1.29 is 0 Å². The Morgan fingerprint density at radius 1 is 1.64 bits per heavy atom. The van der Waals surface area contributed by atoms with Crippen molar-refractivity contribution in [2.24, 2.45) is 0 Å². The Morgan fingerprint density at radius 3 is 3.43 bits per heavy atom. The molecule has 2 rings (SSSR count). The van der Waals surface area contributed by atoms with E-state index >= 15 is 0 Å². The summed E-state index contributed by atoms with van der Waals surface area (Å²) in [5.41, 5.74) is 0. The maximum atomic E-state index is 4.44. The van der Waals surface area contributed by atoms with Crippen molar-refractivity contribution in [2.75, 3.05) is 24.5 Å². The highest BCUT2D eigenvalue weighted by Gasteiger charge is 2.15. The molecule has 0 radical (unpaired) electrons. The van der Waals surface area contributed by atoms with Crippen LogP contribution in [0.2, 0.25) is 0 Å². The summed E-state index contributed by atoms with van der Waals surface area (Å²) >= 11 is 1.68. The minimum absolute atomic E-state index is 1.01. The van der Waals surface area contributed by atoms with Gasteiger partial charge in [-0.3, -0.25) is 4.72 Å². The third kappa shape index (κ3) is 2.01. The van der Waals surface area contributed by atoms with Gasteiger partial charge in [-0.15, -0.1) is 0 Å². The topological polar surface area (TPSA) is 28.2 Å². The van der Waals surface area contributed by atoms with E-state index in [1.807, 2.05) is 12.3 Å². The summed E-state index contributed by atoms with van der Waals surface area (Å²) in [6, 6.07) is 4.11. The van der Waals surface area contributed by atoms with Crippen molar-refractivity contribution in [2.45, 2.75) is 18.2 Å². The van der Waals surface area contributed by atoms with Crippen LogP contribution in [0.25, 0.3) is 0 Å². The molecule has 1 aromatic rings. The van der Waals surface area contributed by atoms with E-state index in [1.165, 1.54) is 11.3 Å². The van der Waals surface area contributed by atoms with E-state index in [0.717, 1.165) is 25.5 Å². The summed E-state index contributed by atoms with van der Waals surface area (Å²) in [7, 11) is 0. The number of hydrogen-bond acceptors (Lipinski definition) is 4. The van der Waals surface area contributed by atoms with Gasteiger partial charge in [-0.1, -0.05) is 6.92 Å². The van der Waals surface area contributed by atoms with Crippen molar-refractivity contribution >= 4 is 17.8 Å². The van der Waals surface area contributed by atoms with Gasteiger partial charge in [0.05, 0.1) is 4.90 Å². The molecule has 0 saturated carbocycles. The van der Waals surface area contributed by atoms with Gasteiger partial charge in [0.25, 0.3) is 0 Å². The van der Waals surface area contributed by atoms with Gasteiger partial charge in [-0.05, 0) is 30.5 Å². The zero-order valence-electron chi connectivity index (χ0n) is 8.36. The molecule has 2 heterocycles. The number of aromatic nitrogens is 1. The molecule has 0 atom stereocenters. The molecule has 0 amide bonds. The first-order chi connectivity index (χ1) is 6.92. The second-order valence-corrected chi connectivity index (χ2v) is 4.24. The van der Waals surface area contributed by atoms with E-state index in [4.69, 9.17) is 0 Å². The molecular formula is C10H15N3S. The maximum Gasteiger partial charge on any atom is 0.143 e. The van der Waals surface area contributed by atoms with Crippen molar-refractivity contribution in [3.63, 3.8) is 0 Å². The second kappa shape index (κ2) is 4.66. The highest BCUT2D eigenvalue weighted by Crippen LogP contribution is 2.27. The summed E-state index contributed by atoms with van der Waals surface area (Å²) in [6.07, 6.45) is 3.04. The smallest absolute Gasteiger partial charge is 0.143 e. The van der Waals surface area contributed by atoms with Crippen LogP contribution in [0.15, 0.2) is 23.2 Å². The number of anilines is 1. The molecule has 4 heteroatoms.